The standard InChI is InChI=1S/C21H23NO7S/c1-27-17-7-9-19(10-8-17)30(25,26)22-13-11-16(12-14-22)21(24)29-18-5-3-15(4-6-18)20(23)28-2/h3-10,16H,11-14H2,1-2H3. The average Bonchev–Trinajstić information content (AvgIpc) is 2.79. The van der Waals surface area contributed by atoms with Gasteiger partial charge in [0, 0.05) is 13.1 Å². The van der Waals surface area contributed by atoms with Gasteiger partial charge in [-0.2, -0.15) is 4.31 Å². The highest BCUT2D eigenvalue weighted by Crippen LogP contribution is 2.26. The van der Waals surface area contributed by atoms with Gasteiger partial charge in [-0.1, -0.05) is 0 Å². The van der Waals surface area contributed by atoms with E-state index in [1.54, 1.807) is 12.1 Å². The quantitative estimate of drug-likeness (QED) is 0.510. The molecule has 0 radical (unpaired) electrons. The molecule has 0 unspecified atom stereocenters. The van der Waals surface area contributed by atoms with E-state index in [-0.39, 0.29) is 18.0 Å². The third kappa shape index (κ3) is 4.80. The number of piperidine rings is 1. The van der Waals surface area contributed by atoms with Gasteiger partial charge in [-0.05, 0) is 61.4 Å². The lowest BCUT2D eigenvalue weighted by atomic mass is 9.98. The Morgan fingerprint density at radius 1 is 0.900 bits per heavy atom. The second-order valence-corrected chi connectivity index (χ2v) is 8.73. The van der Waals surface area contributed by atoms with E-state index in [1.807, 2.05) is 0 Å². The fraction of sp³-hybridized carbons (Fsp3) is 0.333. The van der Waals surface area contributed by atoms with Crippen molar-refractivity contribution in [2.75, 3.05) is 27.3 Å². The van der Waals surface area contributed by atoms with Gasteiger partial charge in [-0.15, -0.1) is 0 Å². The van der Waals surface area contributed by atoms with Gasteiger partial charge in [0.15, 0.2) is 0 Å². The normalized spacial score (nSPS) is 15.4. The van der Waals surface area contributed by atoms with Crippen LogP contribution in [0.15, 0.2) is 53.4 Å². The van der Waals surface area contributed by atoms with Crippen LogP contribution >= 0.6 is 0 Å². The molecule has 1 fully saturated rings. The van der Waals surface area contributed by atoms with Crippen molar-refractivity contribution >= 4 is 22.0 Å². The molecule has 2 aromatic carbocycles. The number of carbonyl (C=O) groups excluding carboxylic acids is 2. The van der Waals surface area contributed by atoms with Crippen molar-refractivity contribution in [1.29, 1.82) is 0 Å². The van der Waals surface area contributed by atoms with E-state index in [9.17, 15) is 18.0 Å². The molecular formula is C21H23NO7S. The summed E-state index contributed by atoms with van der Waals surface area (Å²) in [5.41, 5.74) is 0.356. The number of rotatable bonds is 6. The average molecular weight is 433 g/mol. The number of benzene rings is 2. The molecule has 1 saturated heterocycles. The van der Waals surface area contributed by atoms with Crippen molar-refractivity contribution in [2.24, 2.45) is 5.92 Å². The first-order valence-electron chi connectivity index (χ1n) is 9.39. The van der Waals surface area contributed by atoms with E-state index in [2.05, 4.69) is 4.74 Å². The fourth-order valence-corrected chi connectivity index (χ4v) is 4.67. The maximum Gasteiger partial charge on any atom is 0.337 e. The molecule has 160 valence electrons. The molecule has 0 spiro atoms. The molecule has 1 heterocycles. The second-order valence-electron chi connectivity index (χ2n) is 6.79. The smallest absolute Gasteiger partial charge is 0.337 e. The van der Waals surface area contributed by atoms with Crippen LogP contribution < -0.4 is 9.47 Å². The number of sulfonamides is 1. The summed E-state index contributed by atoms with van der Waals surface area (Å²) in [5, 5.41) is 0. The Morgan fingerprint density at radius 2 is 1.47 bits per heavy atom. The fourth-order valence-electron chi connectivity index (χ4n) is 3.21. The SMILES string of the molecule is COC(=O)c1ccc(OC(=O)C2CCN(S(=O)(=O)c3ccc(OC)cc3)CC2)cc1. The molecule has 0 aliphatic carbocycles. The number of hydrogen-bond donors (Lipinski definition) is 0. The predicted molar refractivity (Wildman–Crippen MR) is 108 cm³/mol. The minimum absolute atomic E-state index is 0.190. The number of nitrogens with zero attached hydrogens (tertiary/aromatic N) is 1. The summed E-state index contributed by atoms with van der Waals surface area (Å²) in [4.78, 5) is 24.1. The van der Waals surface area contributed by atoms with E-state index in [1.165, 1.54) is 54.9 Å². The number of ether oxygens (including phenoxy) is 3. The van der Waals surface area contributed by atoms with Gasteiger partial charge in [-0.3, -0.25) is 4.79 Å². The van der Waals surface area contributed by atoms with Gasteiger partial charge in [0.05, 0.1) is 30.6 Å². The van der Waals surface area contributed by atoms with Crippen LogP contribution in [0.4, 0.5) is 0 Å². The van der Waals surface area contributed by atoms with Crippen LogP contribution in [0.2, 0.25) is 0 Å². The zero-order valence-corrected chi connectivity index (χ0v) is 17.6. The third-order valence-electron chi connectivity index (χ3n) is 4.98. The molecule has 30 heavy (non-hydrogen) atoms. The molecule has 8 nitrogen and oxygen atoms in total. The lowest BCUT2D eigenvalue weighted by Gasteiger charge is -2.30. The van der Waals surface area contributed by atoms with Crippen molar-refractivity contribution in [1.82, 2.24) is 4.31 Å². The van der Waals surface area contributed by atoms with Crippen molar-refractivity contribution in [3.8, 4) is 11.5 Å². The molecule has 3 rings (SSSR count). The Hall–Kier alpha value is -2.91. The van der Waals surface area contributed by atoms with Gasteiger partial charge >= 0.3 is 11.9 Å². The number of esters is 2. The van der Waals surface area contributed by atoms with Crippen LogP contribution in [0, 0.1) is 5.92 Å². The highest BCUT2D eigenvalue weighted by atomic mass is 32.2. The van der Waals surface area contributed by atoms with Gasteiger partial charge in [-0.25, -0.2) is 13.2 Å². The molecule has 1 aliphatic rings. The predicted octanol–water partition coefficient (Wildman–Crippen LogP) is 2.49. The summed E-state index contributed by atoms with van der Waals surface area (Å²) in [6.07, 6.45) is 0.739. The van der Waals surface area contributed by atoms with E-state index in [0.29, 0.717) is 29.9 Å². The minimum atomic E-state index is -3.63. The Bertz CT molecular complexity index is 993. The summed E-state index contributed by atoms with van der Waals surface area (Å²) < 4.78 is 42.0. The van der Waals surface area contributed by atoms with Crippen LogP contribution in [-0.4, -0.2) is 52.0 Å². The Kier molecular flexibility index (Phi) is 6.73. The molecule has 0 N–H and O–H groups in total. The highest BCUT2D eigenvalue weighted by Gasteiger charge is 2.33. The Labute approximate surface area is 175 Å². The molecule has 9 heteroatoms. The zero-order valence-electron chi connectivity index (χ0n) is 16.7. The summed E-state index contributed by atoms with van der Waals surface area (Å²) >= 11 is 0. The largest absolute Gasteiger partial charge is 0.497 e. The zero-order chi connectivity index (χ0) is 21.7. The van der Waals surface area contributed by atoms with Gasteiger partial charge in [0.25, 0.3) is 0 Å². The van der Waals surface area contributed by atoms with Crippen molar-refractivity contribution in [3.05, 3.63) is 54.1 Å². The molecule has 0 amide bonds. The summed E-state index contributed by atoms with van der Waals surface area (Å²) in [5.74, 6) is -0.385. The monoisotopic (exact) mass is 433 g/mol. The number of methoxy groups -OCH3 is 2. The van der Waals surface area contributed by atoms with Gasteiger partial charge in [0.1, 0.15) is 11.5 Å². The Morgan fingerprint density at radius 3 is 2.00 bits per heavy atom. The van der Waals surface area contributed by atoms with Gasteiger partial charge < -0.3 is 14.2 Å². The van der Waals surface area contributed by atoms with E-state index in [0.717, 1.165) is 0 Å². The summed E-state index contributed by atoms with van der Waals surface area (Å²) in [6, 6.07) is 12.3. The maximum absolute atomic E-state index is 12.8. The molecule has 0 saturated carbocycles. The van der Waals surface area contributed by atoms with Crippen molar-refractivity contribution < 1.29 is 32.2 Å². The number of carbonyl (C=O) groups is 2. The van der Waals surface area contributed by atoms with Crippen LogP contribution in [0.3, 0.4) is 0 Å². The Balaban J connectivity index is 1.57. The molecule has 1 aliphatic heterocycles. The van der Waals surface area contributed by atoms with Crippen LogP contribution in [0.25, 0.3) is 0 Å². The van der Waals surface area contributed by atoms with Crippen LogP contribution in [-0.2, 0) is 19.6 Å². The van der Waals surface area contributed by atoms with E-state index in [4.69, 9.17) is 9.47 Å². The summed E-state index contributed by atoms with van der Waals surface area (Å²) in [6.45, 7) is 0.463. The molecule has 0 bridgehead atoms. The molecule has 0 aromatic heterocycles. The number of hydrogen-bond acceptors (Lipinski definition) is 7. The first-order valence-corrected chi connectivity index (χ1v) is 10.8. The van der Waals surface area contributed by atoms with Crippen LogP contribution in [0.1, 0.15) is 23.2 Å². The minimum Gasteiger partial charge on any atom is -0.497 e. The topological polar surface area (TPSA) is 99.2 Å². The third-order valence-corrected chi connectivity index (χ3v) is 6.89. The van der Waals surface area contributed by atoms with Crippen molar-refractivity contribution in [3.63, 3.8) is 0 Å². The van der Waals surface area contributed by atoms with Crippen molar-refractivity contribution in [2.45, 2.75) is 17.7 Å². The van der Waals surface area contributed by atoms with E-state index < -0.39 is 27.9 Å². The summed E-state index contributed by atoms with van der Waals surface area (Å²) in [7, 11) is -0.825. The molecule has 2 aromatic rings. The highest BCUT2D eigenvalue weighted by molar-refractivity contribution is 7.89. The lowest BCUT2D eigenvalue weighted by molar-refractivity contribution is -0.140. The lowest BCUT2D eigenvalue weighted by Crippen LogP contribution is -2.41. The molecule has 0 atom stereocenters. The second kappa shape index (κ2) is 9.27. The first-order chi connectivity index (χ1) is 14.3. The molecular weight excluding hydrogens is 410 g/mol. The first kappa shape index (κ1) is 21.8. The van der Waals surface area contributed by atoms with Gasteiger partial charge in [0.2, 0.25) is 10.0 Å². The maximum atomic E-state index is 12.8. The van der Waals surface area contributed by atoms with Crippen LogP contribution in [0.5, 0.6) is 11.5 Å². The van der Waals surface area contributed by atoms with E-state index >= 15 is 0 Å².